The molecule has 0 aliphatic heterocycles. The molecule has 1 amide bonds. The normalized spacial score (nSPS) is 11.4. The Labute approximate surface area is 222 Å². The summed E-state index contributed by atoms with van der Waals surface area (Å²) in [6, 6.07) is 18.9. The molecule has 0 spiro atoms. The number of carbonyl (C=O) groups excluding carboxylic acids is 1. The van der Waals surface area contributed by atoms with E-state index in [2.05, 4.69) is 10.5 Å². The molecule has 38 heavy (non-hydrogen) atoms. The number of benzene rings is 3. The second-order valence-corrected chi connectivity index (χ2v) is 9.90. The van der Waals surface area contributed by atoms with Crippen LogP contribution in [0.15, 0.2) is 76.7 Å². The topological polar surface area (TPSA) is 116 Å². The molecule has 0 saturated heterocycles. The van der Waals surface area contributed by atoms with Crippen LogP contribution in [0.3, 0.4) is 0 Å². The van der Waals surface area contributed by atoms with Gasteiger partial charge >= 0.3 is 0 Å². The van der Waals surface area contributed by atoms with Crippen molar-refractivity contribution in [3.8, 4) is 23.0 Å². The average Bonchev–Trinajstić information content (AvgIpc) is 2.94. The van der Waals surface area contributed by atoms with Crippen molar-refractivity contribution in [2.45, 2.75) is 11.3 Å². The van der Waals surface area contributed by atoms with Crippen molar-refractivity contribution in [3.05, 3.63) is 77.9 Å². The summed E-state index contributed by atoms with van der Waals surface area (Å²) in [5.74, 6) is 1.00. The van der Waals surface area contributed by atoms with E-state index in [1.165, 1.54) is 52.9 Å². The van der Waals surface area contributed by atoms with E-state index < -0.39 is 22.5 Å². The van der Waals surface area contributed by atoms with E-state index >= 15 is 0 Å². The second kappa shape index (κ2) is 13.5. The van der Waals surface area contributed by atoms with Crippen LogP contribution in [0, 0.1) is 0 Å². The summed E-state index contributed by atoms with van der Waals surface area (Å²) >= 11 is 0. The summed E-state index contributed by atoms with van der Waals surface area (Å²) in [6.45, 7) is -0.377. The van der Waals surface area contributed by atoms with Crippen LogP contribution < -0.4 is 24.4 Å². The van der Waals surface area contributed by atoms with E-state index in [9.17, 15) is 13.2 Å². The van der Waals surface area contributed by atoms with Crippen LogP contribution in [-0.4, -0.2) is 66.4 Å². The highest BCUT2D eigenvalue weighted by Gasteiger charge is 2.27. The molecule has 0 fully saturated rings. The van der Waals surface area contributed by atoms with Crippen LogP contribution in [-0.2, 0) is 21.2 Å². The van der Waals surface area contributed by atoms with Crippen LogP contribution in [0.25, 0.3) is 0 Å². The Balaban J connectivity index is 1.82. The number of hydrazone groups is 1. The van der Waals surface area contributed by atoms with Gasteiger partial charge in [0.1, 0.15) is 0 Å². The van der Waals surface area contributed by atoms with E-state index in [0.29, 0.717) is 29.2 Å². The van der Waals surface area contributed by atoms with Gasteiger partial charge in [-0.05, 0) is 36.2 Å². The van der Waals surface area contributed by atoms with Crippen molar-refractivity contribution in [2.75, 3.05) is 41.5 Å². The molecule has 0 heterocycles. The molecule has 11 heteroatoms. The number of hydrogen-bond donors (Lipinski definition) is 1. The first-order valence-corrected chi connectivity index (χ1v) is 13.1. The van der Waals surface area contributed by atoms with Gasteiger partial charge in [0.2, 0.25) is 10.0 Å². The van der Waals surface area contributed by atoms with E-state index in [0.717, 1.165) is 9.87 Å². The lowest BCUT2D eigenvalue weighted by molar-refractivity contribution is -0.121. The third-order valence-electron chi connectivity index (χ3n) is 5.63. The predicted molar refractivity (Wildman–Crippen MR) is 144 cm³/mol. The Kier molecular flexibility index (Phi) is 10.1. The van der Waals surface area contributed by atoms with Crippen molar-refractivity contribution in [3.63, 3.8) is 0 Å². The quantitative estimate of drug-likeness (QED) is 0.261. The number of nitrogens with zero attached hydrogens (tertiary/aromatic N) is 2. The van der Waals surface area contributed by atoms with Gasteiger partial charge in [0.05, 0.1) is 46.1 Å². The lowest BCUT2D eigenvalue weighted by Crippen LogP contribution is -2.40. The third kappa shape index (κ3) is 7.02. The molecular formula is C27H31N3O7S. The Hall–Kier alpha value is -4.09. The van der Waals surface area contributed by atoms with Gasteiger partial charge in [-0.1, -0.05) is 36.4 Å². The summed E-state index contributed by atoms with van der Waals surface area (Å²) < 4.78 is 49.4. The Morgan fingerprint density at radius 2 is 1.58 bits per heavy atom. The summed E-state index contributed by atoms with van der Waals surface area (Å²) in [6.07, 6.45) is 1.81. The first-order valence-electron chi connectivity index (χ1n) is 11.6. The van der Waals surface area contributed by atoms with Crippen LogP contribution in [0.4, 0.5) is 0 Å². The number of ether oxygens (including phenoxy) is 4. The first-order chi connectivity index (χ1) is 18.3. The SMILES string of the molecule is COc1ccc(S(=O)(=O)N(CCc2ccccc2)CC(=O)N/N=C\c2cccc(OC)c2OC)cc1OC. The van der Waals surface area contributed by atoms with Gasteiger partial charge in [-0.2, -0.15) is 9.41 Å². The molecule has 0 saturated carbocycles. The molecule has 3 rings (SSSR count). The number of carbonyl (C=O) groups is 1. The van der Waals surface area contributed by atoms with Gasteiger partial charge in [0, 0.05) is 18.2 Å². The number of nitrogens with one attached hydrogen (secondary N) is 1. The standard InChI is InChI=1S/C27H31N3O7S/c1-34-23-14-13-22(17-25(23)36-3)38(32,33)30(16-15-20-9-6-5-7-10-20)19-26(31)29-28-18-21-11-8-12-24(35-2)27(21)37-4/h5-14,17-18H,15-16,19H2,1-4H3,(H,29,31)/b28-18-. The summed E-state index contributed by atoms with van der Waals surface area (Å²) in [7, 11) is 1.83. The van der Waals surface area contributed by atoms with E-state index in [1.807, 2.05) is 30.3 Å². The summed E-state index contributed by atoms with van der Waals surface area (Å²) in [4.78, 5) is 12.8. The minimum Gasteiger partial charge on any atom is -0.493 e. The van der Waals surface area contributed by atoms with Gasteiger partial charge in [0.15, 0.2) is 23.0 Å². The fourth-order valence-electron chi connectivity index (χ4n) is 3.69. The zero-order valence-corrected chi connectivity index (χ0v) is 22.5. The van der Waals surface area contributed by atoms with Gasteiger partial charge in [0.25, 0.3) is 5.91 Å². The molecule has 0 atom stereocenters. The van der Waals surface area contributed by atoms with E-state index in [1.54, 1.807) is 18.2 Å². The van der Waals surface area contributed by atoms with Crippen LogP contribution >= 0.6 is 0 Å². The molecule has 1 N–H and O–H groups in total. The maximum atomic E-state index is 13.6. The number of sulfonamides is 1. The van der Waals surface area contributed by atoms with E-state index in [-0.39, 0.29) is 17.2 Å². The third-order valence-corrected chi connectivity index (χ3v) is 7.47. The van der Waals surface area contributed by atoms with Crippen molar-refractivity contribution in [1.82, 2.24) is 9.73 Å². The highest BCUT2D eigenvalue weighted by Crippen LogP contribution is 2.31. The summed E-state index contributed by atoms with van der Waals surface area (Å²) in [5, 5.41) is 3.98. The highest BCUT2D eigenvalue weighted by atomic mass is 32.2. The van der Waals surface area contributed by atoms with Gasteiger partial charge < -0.3 is 18.9 Å². The first kappa shape index (κ1) is 28.5. The zero-order chi connectivity index (χ0) is 27.5. The lowest BCUT2D eigenvalue weighted by atomic mass is 10.1. The summed E-state index contributed by atoms with van der Waals surface area (Å²) in [5.41, 5.74) is 3.91. The molecule has 0 bridgehead atoms. The Morgan fingerprint density at radius 1 is 0.868 bits per heavy atom. The Morgan fingerprint density at radius 3 is 2.24 bits per heavy atom. The van der Waals surface area contributed by atoms with Crippen LogP contribution in [0.2, 0.25) is 0 Å². The minimum absolute atomic E-state index is 0.0272. The van der Waals surface area contributed by atoms with Crippen LogP contribution in [0.1, 0.15) is 11.1 Å². The molecule has 0 aromatic heterocycles. The smallest absolute Gasteiger partial charge is 0.255 e. The fourth-order valence-corrected chi connectivity index (χ4v) is 5.10. The van der Waals surface area contributed by atoms with Gasteiger partial charge in [-0.15, -0.1) is 0 Å². The zero-order valence-electron chi connectivity index (χ0n) is 21.7. The number of para-hydroxylation sites is 1. The molecule has 0 radical (unpaired) electrons. The van der Waals surface area contributed by atoms with Crippen molar-refractivity contribution in [1.29, 1.82) is 0 Å². The molecule has 0 aliphatic rings. The highest BCUT2D eigenvalue weighted by molar-refractivity contribution is 7.89. The molecule has 10 nitrogen and oxygen atoms in total. The van der Waals surface area contributed by atoms with Crippen molar-refractivity contribution in [2.24, 2.45) is 5.10 Å². The largest absolute Gasteiger partial charge is 0.493 e. The number of rotatable bonds is 13. The maximum absolute atomic E-state index is 13.6. The van der Waals surface area contributed by atoms with Crippen molar-refractivity contribution < 1.29 is 32.2 Å². The van der Waals surface area contributed by atoms with Crippen molar-refractivity contribution >= 4 is 22.1 Å². The average molecular weight is 542 g/mol. The molecule has 0 aliphatic carbocycles. The van der Waals surface area contributed by atoms with E-state index in [4.69, 9.17) is 18.9 Å². The molecule has 3 aromatic carbocycles. The van der Waals surface area contributed by atoms with Crippen LogP contribution in [0.5, 0.6) is 23.0 Å². The monoisotopic (exact) mass is 541 g/mol. The molecule has 0 unspecified atom stereocenters. The van der Waals surface area contributed by atoms with Gasteiger partial charge in [-0.3, -0.25) is 4.79 Å². The molecule has 202 valence electrons. The number of methoxy groups -OCH3 is 4. The number of amides is 1. The minimum atomic E-state index is -4.07. The lowest BCUT2D eigenvalue weighted by Gasteiger charge is -2.22. The predicted octanol–water partition coefficient (Wildman–Crippen LogP) is 3.10. The number of hydrogen-bond acceptors (Lipinski definition) is 8. The maximum Gasteiger partial charge on any atom is 0.255 e. The van der Waals surface area contributed by atoms with Gasteiger partial charge in [-0.25, -0.2) is 13.8 Å². The molecule has 3 aromatic rings. The fraction of sp³-hybridized carbons (Fsp3) is 0.259. The second-order valence-electron chi connectivity index (χ2n) is 7.97. The molecular weight excluding hydrogens is 510 g/mol. The Bertz CT molecular complexity index is 1360.